The Bertz CT molecular complexity index is 1420. The fraction of sp³-hybridized carbons (Fsp3) is 0.276. The number of aromatic carboxylic acids is 1. The summed E-state index contributed by atoms with van der Waals surface area (Å²) in [6.45, 7) is 5.00. The smallest absolute Gasteiger partial charge is 0.335 e. The van der Waals surface area contributed by atoms with E-state index in [2.05, 4.69) is 20.2 Å². The molecule has 0 amide bonds. The number of morpholine rings is 1. The van der Waals surface area contributed by atoms with Gasteiger partial charge in [-0.15, -0.1) is 0 Å². The van der Waals surface area contributed by atoms with Crippen molar-refractivity contribution < 1.29 is 28.5 Å². The Morgan fingerprint density at radius 3 is 2.55 bits per heavy atom. The minimum atomic E-state index is -0.879. The fourth-order valence-corrected chi connectivity index (χ4v) is 4.20. The van der Waals surface area contributed by atoms with Crippen LogP contribution in [0.4, 0.5) is 15.9 Å². The van der Waals surface area contributed by atoms with Gasteiger partial charge in [-0.25, -0.2) is 19.2 Å². The molecule has 4 aromatic rings. The molecule has 1 aromatic heterocycles. The van der Waals surface area contributed by atoms with Crippen molar-refractivity contribution in [2.75, 3.05) is 51.9 Å². The normalized spacial score (nSPS) is 13.3. The van der Waals surface area contributed by atoms with Crippen LogP contribution in [0.25, 0.3) is 10.9 Å². The highest BCUT2D eigenvalue weighted by molar-refractivity contribution is 6.31. The van der Waals surface area contributed by atoms with Crippen LogP contribution < -0.4 is 14.8 Å². The van der Waals surface area contributed by atoms with E-state index in [9.17, 15) is 9.18 Å². The molecular formula is C29H30ClFN4O5. The largest absolute Gasteiger partial charge is 0.493 e. The van der Waals surface area contributed by atoms with Crippen LogP contribution in [-0.4, -0.2) is 72.5 Å². The molecule has 0 radical (unpaired) electrons. The molecule has 0 saturated carbocycles. The van der Waals surface area contributed by atoms with Gasteiger partial charge >= 0.3 is 5.97 Å². The second-order valence-electron chi connectivity index (χ2n) is 8.82. The van der Waals surface area contributed by atoms with Crippen molar-refractivity contribution in [3.05, 3.63) is 83.4 Å². The van der Waals surface area contributed by atoms with E-state index >= 15 is 0 Å². The van der Waals surface area contributed by atoms with Gasteiger partial charge in [0, 0.05) is 36.8 Å². The predicted octanol–water partition coefficient (Wildman–Crippen LogP) is 5.66. The Balaban J connectivity index is 0.000000350. The maximum Gasteiger partial charge on any atom is 0.335 e. The molecule has 210 valence electrons. The highest BCUT2D eigenvalue weighted by Crippen LogP contribution is 2.35. The summed E-state index contributed by atoms with van der Waals surface area (Å²) < 4.78 is 30.4. The average Bonchev–Trinajstić information content (AvgIpc) is 2.98. The van der Waals surface area contributed by atoms with E-state index in [0.717, 1.165) is 44.7 Å². The van der Waals surface area contributed by atoms with Crippen LogP contribution in [0.3, 0.4) is 0 Å². The summed E-state index contributed by atoms with van der Waals surface area (Å²) in [5.41, 5.74) is 1.65. The third-order valence-corrected chi connectivity index (χ3v) is 6.39. The number of hydrogen-bond donors (Lipinski definition) is 2. The standard InChI is InChI=1S/C22H24ClFN4O3.C7H6O2/c1-29-20-13-19-16(12-21(20)31-8-2-5-28-6-9-30-10-7-28)22(26-14-25-19)27-15-3-4-18(24)17(23)11-15;8-7(9)6-4-2-1-3-5-6/h3-4,11-14H,2,5-10H2,1H3,(H,25,26,27);1-5H,(H,8,9). The van der Waals surface area contributed by atoms with Crippen LogP contribution in [0.15, 0.2) is 67.0 Å². The highest BCUT2D eigenvalue weighted by Gasteiger charge is 2.14. The Hall–Kier alpha value is -3.99. The van der Waals surface area contributed by atoms with Crippen molar-refractivity contribution in [2.24, 2.45) is 0 Å². The Morgan fingerprint density at radius 1 is 1.10 bits per heavy atom. The van der Waals surface area contributed by atoms with Gasteiger partial charge in [0.05, 0.1) is 43.0 Å². The second kappa shape index (κ2) is 14.4. The van der Waals surface area contributed by atoms with Gasteiger partial charge in [-0.3, -0.25) is 4.90 Å². The van der Waals surface area contributed by atoms with Gasteiger partial charge in [0.1, 0.15) is 18.0 Å². The van der Waals surface area contributed by atoms with E-state index in [-0.39, 0.29) is 5.02 Å². The number of carboxylic acid groups (broad SMARTS) is 1. The summed E-state index contributed by atoms with van der Waals surface area (Å²) >= 11 is 5.90. The van der Waals surface area contributed by atoms with Crippen LogP contribution in [0, 0.1) is 5.82 Å². The Kier molecular flexibility index (Phi) is 10.4. The molecule has 3 aromatic carbocycles. The monoisotopic (exact) mass is 568 g/mol. The predicted molar refractivity (Wildman–Crippen MR) is 152 cm³/mol. The summed E-state index contributed by atoms with van der Waals surface area (Å²) in [6.07, 6.45) is 2.35. The van der Waals surface area contributed by atoms with E-state index < -0.39 is 11.8 Å². The molecule has 1 saturated heterocycles. The first-order valence-corrected chi connectivity index (χ1v) is 13.1. The number of benzene rings is 3. The molecule has 2 heterocycles. The molecule has 9 nitrogen and oxygen atoms in total. The summed E-state index contributed by atoms with van der Waals surface area (Å²) in [5, 5.41) is 12.4. The minimum Gasteiger partial charge on any atom is -0.493 e. The van der Waals surface area contributed by atoms with Crippen LogP contribution in [0.1, 0.15) is 16.8 Å². The van der Waals surface area contributed by atoms with Gasteiger partial charge in [-0.1, -0.05) is 29.8 Å². The Labute approximate surface area is 236 Å². The van der Waals surface area contributed by atoms with E-state index in [4.69, 9.17) is 30.9 Å². The number of nitrogens with zero attached hydrogens (tertiary/aromatic N) is 3. The van der Waals surface area contributed by atoms with Crippen LogP contribution in [0.5, 0.6) is 11.5 Å². The summed E-state index contributed by atoms with van der Waals surface area (Å²) in [4.78, 5) is 21.2. The van der Waals surface area contributed by atoms with Gasteiger partial charge in [0.2, 0.25) is 0 Å². The number of anilines is 2. The maximum atomic E-state index is 13.5. The molecule has 0 atom stereocenters. The molecule has 1 aliphatic rings. The molecule has 1 aliphatic heterocycles. The zero-order chi connectivity index (χ0) is 28.3. The molecule has 11 heteroatoms. The number of fused-ring (bicyclic) bond motifs is 1. The molecule has 0 aliphatic carbocycles. The second-order valence-corrected chi connectivity index (χ2v) is 9.23. The van der Waals surface area contributed by atoms with Crippen LogP contribution >= 0.6 is 11.6 Å². The molecule has 5 rings (SSSR count). The molecule has 1 fully saturated rings. The lowest BCUT2D eigenvalue weighted by Gasteiger charge is -2.26. The Morgan fingerprint density at radius 2 is 1.88 bits per heavy atom. The first-order chi connectivity index (χ1) is 19.4. The highest BCUT2D eigenvalue weighted by atomic mass is 35.5. The number of hydrogen-bond acceptors (Lipinski definition) is 8. The third-order valence-electron chi connectivity index (χ3n) is 6.10. The van der Waals surface area contributed by atoms with E-state index in [1.54, 1.807) is 43.5 Å². The lowest BCUT2D eigenvalue weighted by molar-refractivity contribution is 0.0357. The lowest BCUT2D eigenvalue weighted by atomic mass is 10.2. The van der Waals surface area contributed by atoms with Crippen LogP contribution in [0.2, 0.25) is 5.02 Å². The summed E-state index contributed by atoms with van der Waals surface area (Å²) in [5.74, 6) is 0.432. The van der Waals surface area contributed by atoms with Crippen molar-refractivity contribution in [1.82, 2.24) is 14.9 Å². The average molecular weight is 569 g/mol. The number of halogens is 2. The van der Waals surface area contributed by atoms with E-state index in [0.29, 0.717) is 40.7 Å². The SMILES string of the molecule is COc1cc2ncnc(Nc3ccc(F)c(Cl)c3)c2cc1OCCCN1CCOCC1.O=C(O)c1ccccc1. The molecule has 2 N–H and O–H groups in total. The van der Waals surface area contributed by atoms with Gasteiger partial charge in [-0.2, -0.15) is 0 Å². The topological polar surface area (TPSA) is 106 Å². The molecule has 0 unspecified atom stereocenters. The number of nitrogens with one attached hydrogen (secondary N) is 1. The zero-order valence-corrected chi connectivity index (χ0v) is 22.7. The van der Waals surface area contributed by atoms with Crippen LogP contribution in [-0.2, 0) is 4.74 Å². The van der Waals surface area contributed by atoms with Crippen molar-refractivity contribution in [3.63, 3.8) is 0 Å². The van der Waals surface area contributed by atoms with Gasteiger partial charge in [0.25, 0.3) is 0 Å². The fourth-order valence-electron chi connectivity index (χ4n) is 4.02. The summed E-state index contributed by atoms with van der Waals surface area (Å²) in [7, 11) is 1.60. The minimum absolute atomic E-state index is 0.0364. The molecule has 0 bridgehead atoms. The van der Waals surface area contributed by atoms with Crippen molar-refractivity contribution in [3.8, 4) is 11.5 Å². The number of methoxy groups -OCH3 is 1. The first kappa shape index (κ1) is 29.0. The molecule has 40 heavy (non-hydrogen) atoms. The number of carboxylic acids is 1. The van der Waals surface area contributed by atoms with Crippen molar-refractivity contribution in [2.45, 2.75) is 6.42 Å². The van der Waals surface area contributed by atoms with Gasteiger partial charge in [0.15, 0.2) is 11.5 Å². The van der Waals surface area contributed by atoms with Crippen molar-refractivity contribution >= 4 is 40.0 Å². The number of aromatic nitrogens is 2. The van der Waals surface area contributed by atoms with E-state index in [1.165, 1.54) is 18.5 Å². The molecule has 0 spiro atoms. The molecular weight excluding hydrogens is 539 g/mol. The van der Waals surface area contributed by atoms with E-state index in [1.807, 2.05) is 12.1 Å². The first-order valence-electron chi connectivity index (χ1n) is 12.7. The third kappa shape index (κ3) is 8.01. The van der Waals surface area contributed by atoms with Crippen molar-refractivity contribution in [1.29, 1.82) is 0 Å². The number of rotatable bonds is 9. The van der Waals surface area contributed by atoms with Gasteiger partial charge < -0.3 is 24.6 Å². The quantitative estimate of drug-likeness (QED) is 0.247. The summed E-state index contributed by atoms with van der Waals surface area (Å²) in [6, 6.07) is 16.4. The zero-order valence-electron chi connectivity index (χ0n) is 22.0. The maximum absolute atomic E-state index is 13.5. The number of carbonyl (C=O) groups is 1. The lowest BCUT2D eigenvalue weighted by Crippen LogP contribution is -2.37. The van der Waals surface area contributed by atoms with Gasteiger partial charge in [-0.05, 0) is 42.8 Å². The number of ether oxygens (including phenoxy) is 3.